The third kappa shape index (κ3) is 5.68. The molecular weight excluding hydrogens is 515 g/mol. The number of benzene rings is 1. The maximum atomic E-state index is 13.1. The summed E-state index contributed by atoms with van der Waals surface area (Å²) < 4.78 is 40.0. The summed E-state index contributed by atoms with van der Waals surface area (Å²) in [5.74, 6) is -0.197. The Bertz CT molecular complexity index is 1470. The molecule has 0 fully saturated rings. The maximum Gasteiger partial charge on any atom is 0.417 e. The number of nitrogens with zero attached hydrogens (tertiary/aromatic N) is 4. The highest BCUT2D eigenvalue weighted by Crippen LogP contribution is 2.28. The number of hydrogen-bond donors (Lipinski definition) is 1. The van der Waals surface area contributed by atoms with Crippen molar-refractivity contribution in [2.45, 2.75) is 45.5 Å². The van der Waals surface area contributed by atoms with Crippen LogP contribution in [0.3, 0.4) is 0 Å². The molecule has 0 bridgehead atoms. The van der Waals surface area contributed by atoms with Gasteiger partial charge in [-0.25, -0.2) is 4.98 Å². The molecule has 0 atom stereocenters. The highest BCUT2D eigenvalue weighted by molar-refractivity contribution is 6.30. The molecule has 198 valence electrons. The van der Waals surface area contributed by atoms with Crippen LogP contribution in [0, 0.1) is 0 Å². The minimum absolute atomic E-state index is 0.197. The van der Waals surface area contributed by atoms with Crippen molar-refractivity contribution in [1.82, 2.24) is 24.6 Å². The molecule has 1 aliphatic rings. The monoisotopic (exact) mass is 541 g/mol. The summed E-state index contributed by atoms with van der Waals surface area (Å²) in [6.07, 6.45) is 0.316. The first-order valence-electron chi connectivity index (χ1n) is 12.5. The van der Waals surface area contributed by atoms with E-state index in [2.05, 4.69) is 32.3 Å². The molecule has 4 aromatic rings. The zero-order chi connectivity index (χ0) is 26.9. The van der Waals surface area contributed by atoms with Gasteiger partial charge in [-0.15, -0.1) is 0 Å². The van der Waals surface area contributed by atoms with Crippen LogP contribution in [-0.2, 0) is 38.5 Å². The van der Waals surface area contributed by atoms with Gasteiger partial charge in [0, 0.05) is 50.7 Å². The van der Waals surface area contributed by atoms with E-state index in [4.69, 9.17) is 11.6 Å². The van der Waals surface area contributed by atoms with Crippen LogP contribution in [0.25, 0.3) is 5.65 Å². The minimum Gasteiger partial charge on any atom is -0.347 e. The average Bonchev–Trinajstić information content (AvgIpc) is 3.28. The van der Waals surface area contributed by atoms with Crippen molar-refractivity contribution >= 4 is 23.2 Å². The van der Waals surface area contributed by atoms with Crippen LogP contribution in [0.1, 0.15) is 51.1 Å². The summed E-state index contributed by atoms with van der Waals surface area (Å²) in [7, 11) is 0. The molecule has 5 rings (SSSR count). The molecule has 1 amide bonds. The lowest BCUT2D eigenvalue weighted by Crippen LogP contribution is -2.32. The van der Waals surface area contributed by atoms with Crippen molar-refractivity contribution in [3.63, 3.8) is 0 Å². The first-order chi connectivity index (χ1) is 18.2. The Labute approximate surface area is 223 Å². The number of nitrogens with one attached hydrogen (secondary N) is 1. The van der Waals surface area contributed by atoms with Gasteiger partial charge in [-0.2, -0.15) is 13.2 Å². The number of alkyl halides is 3. The van der Waals surface area contributed by atoms with Gasteiger partial charge in [0.1, 0.15) is 11.3 Å². The highest BCUT2D eigenvalue weighted by Gasteiger charge is 2.30. The van der Waals surface area contributed by atoms with E-state index in [1.165, 1.54) is 17.2 Å². The van der Waals surface area contributed by atoms with E-state index >= 15 is 0 Å². The van der Waals surface area contributed by atoms with Crippen LogP contribution < -0.4 is 5.32 Å². The minimum atomic E-state index is -4.37. The fraction of sp³-hybridized carbons (Fsp3) is 0.321. The third-order valence-corrected chi connectivity index (χ3v) is 7.08. The highest BCUT2D eigenvalue weighted by atomic mass is 35.5. The van der Waals surface area contributed by atoms with Crippen LogP contribution >= 0.6 is 11.6 Å². The van der Waals surface area contributed by atoms with E-state index in [1.54, 1.807) is 22.7 Å². The van der Waals surface area contributed by atoms with Gasteiger partial charge in [0.15, 0.2) is 0 Å². The standard InChI is InChI=1S/C28H27ClF3N5O/c1-2-24-26(37-17-22(29)6-8-25(37)35-24)27(38)34-14-18-3-4-20-16-36(11-9-19(20)13-18)12-10-23-7-5-21(15-33-23)28(30,31)32/h3-8,13,15,17H,2,9-12,14,16H2,1H3,(H,34,38). The molecule has 1 aromatic carbocycles. The number of carbonyl (C=O) groups is 1. The summed E-state index contributed by atoms with van der Waals surface area (Å²) in [4.78, 5) is 23.9. The summed E-state index contributed by atoms with van der Waals surface area (Å²) in [5, 5.41) is 3.56. The van der Waals surface area contributed by atoms with Crippen molar-refractivity contribution in [3.05, 3.63) is 99.2 Å². The lowest BCUT2D eigenvalue weighted by atomic mass is 9.97. The van der Waals surface area contributed by atoms with E-state index < -0.39 is 11.7 Å². The Morgan fingerprint density at radius 1 is 1.13 bits per heavy atom. The summed E-state index contributed by atoms with van der Waals surface area (Å²) in [6, 6.07) is 12.3. The Hall–Kier alpha value is -3.43. The fourth-order valence-corrected chi connectivity index (χ4v) is 4.96. The second-order valence-corrected chi connectivity index (χ2v) is 9.87. The quantitative estimate of drug-likeness (QED) is 0.336. The van der Waals surface area contributed by atoms with Crippen LogP contribution in [0.5, 0.6) is 0 Å². The number of amides is 1. The van der Waals surface area contributed by atoms with Gasteiger partial charge in [-0.3, -0.25) is 19.1 Å². The third-order valence-electron chi connectivity index (χ3n) is 6.86. The molecule has 3 aromatic heterocycles. The predicted molar refractivity (Wildman–Crippen MR) is 139 cm³/mol. The number of hydrogen-bond acceptors (Lipinski definition) is 4. The lowest BCUT2D eigenvalue weighted by molar-refractivity contribution is -0.137. The largest absolute Gasteiger partial charge is 0.417 e. The number of carbonyl (C=O) groups excluding carboxylic acids is 1. The van der Waals surface area contributed by atoms with Crippen molar-refractivity contribution in [2.24, 2.45) is 0 Å². The Kier molecular flexibility index (Phi) is 7.40. The fourth-order valence-electron chi connectivity index (χ4n) is 4.80. The van der Waals surface area contributed by atoms with Gasteiger partial charge in [-0.1, -0.05) is 36.7 Å². The number of fused-ring (bicyclic) bond motifs is 2. The number of imidazole rings is 1. The second-order valence-electron chi connectivity index (χ2n) is 9.43. The molecule has 6 nitrogen and oxygen atoms in total. The van der Waals surface area contributed by atoms with Crippen molar-refractivity contribution in [1.29, 1.82) is 0 Å². The van der Waals surface area contributed by atoms with E-state index in [1.807, 2.05) is 13.0 Å². The molecule has 1 N–H and O–H groups in total. The second kappa shape index (κ2) is 10.7. The molecule has 0 aliphatic carbocycles. The average molecular weight is 542 g/mol. The smallest absolute Gasteiger partial charge is 0.347 e. The van der Waals surface area contributed by atoms with Crippen LogP contribution in [0.4, 0.5) is 13.2 Å². The van der Waals surface area contributed by atoms with Crippen LogP contribution in [0.15, 0.2) is 54.9 Å². The molecule has 10 heteroatoms. The molecule has 0 radical (unpaired) electrons. The Morgan fingerprint density at radius 3 is 2.71 bits per heavy atom. The SMILES string of the molecule is CCc1nc2ccc(Cl)cn2c1C(=O)NCc1ccc2c(c1)CCN(CCc1ccc(C(F)(F)F)cn1)C2. The predicted octanol–water partition coefficient (Wildman–Crippen LogP) is 5.49. The van der Waals surface area contributed by atoms with Crippen molar-refractivity contribution in [2.75, 3.05) is 13.1 Å². The first kappa shape index (κ1) is 26.2. The first-order valence-corrected chi connectivity index (χ1v) is 12.9. The van der Waals surface area contributed by atoms with Gasteiger partial charge < -0.3 is 5.32 Å². The number of halogens is 4. The number of pyridine rings is 2. The molecule has 0 saturated carbocycles. The molecule has 0 saturated heterocycles. The van der Waals surface area contributed by atoms with E-state index in [0.29, 0.717) is 41.4 Å². The maximum absolute atomic E-state index is 13.1. The molecule has 1 aliphatic heterocycles. The summed E-state index contributed by atoms with van der Waals surface area (Å²) >= 11 is 6.15. The molecule has 0 unspecified atom stereocenters. The van der Waals surface area contributed by atoms with Crippen LogP contribution in [0.2, 0.25) is 5.02 Å². The van der Waals surface area contributed by atoms with Gasteiger partial charge in [-0.05, 0) is 53.8 Å². The number of aromatic nitrogens is 3. The zero-order valence-electron chi connectivity index (χ0n) is 20.9. The van der Waals surface area contributed by atoms with Gasteiger partial charge in [0.2, 0.25) is 0 Å². The van der Waals surface area contributed by atoms with Gasteiger partial charge in [0.05, 0.1) is 16.3 Å². The number of rotatable bonds is 7. The lowest BCUT2D eigenvalue weighted by Gasteiger charge is -2.29. The van der Waals surface area contributed by atoms with E-state index in [9.17, 15) is 18.0 Å². The zero-order valence-corrected chi connectivity index (χ0v) is 21.6. The Morgan fingerprint density at radius 2 is 1.97 bits per heavy atom. The van der Waals surface area contributed by atoms with Crippen molar-refractivity contribution in [3.8, 4) is 0 Å². The van der Waals surface area contributed by atoms with E-state index in [0.717, 1.165) is 49.6 Å². The van der Waals surface area contributed by atoms with Crippen LogP contribution in [-0.4, -0.2) is 38.3 Å². The van der Waals surface area contributed by atoms with Gasteiger partial charge >= 0.3 is 6.18 Å². The summed E-state index contributed by atoms with van der Waals surface area (Å²) in [6.45, 7) is 4.70. The molecule has 0 spiro atoms. The molecule has 38 heavy (non-hydrogen) atoms. The topological polar surface area (TPSA) is 62.5 Å². The molecular formula is C28H27ClF3N5O. The van der Waals surface area contributed by atoms with E-state index in [-0.39, 0.29) is 5.91 Å². The Balaban J connectivity index is 1.19. The van der Waals surface area contributed by atoms with Crippen molar-refractivity contribution < 1.29 is 18.0 Å². The number of aryl methyl sites for hydroxylation is 1. The normalized spacial score (nSPS) is 14.0. The summed E-state index contributed by atoms with van der Waals surface area (Å²) in [5.41, 5.74) is 5.31. The molecule has 4 heterocycles. The van der Waals surface area contributed by atoms with Gasteiger partial charge in [0.25, 0.3) is 5.91 Å².